The molecule has 0 bridgehead atoms. The van der Waals surface area contributed by atoms with Gasteiger partial charge in [0.2, 0.25) is 0 Å². The van der Waals surface area contributed by atoms with Gasteiger partial charge in [-0.05, 0) is 55.0 Å². The van der Waals surface area contributed by atoms with Gasteiger partial charge in [0.15, 0.2) is 5.03 Å². The lowest BCUT2D eigenvalue weighted by molar-refractivity contribution is -0.0438. The van der Waals surface area contributed by atoms with Gasteiger partial charge in [-0.3, -0.25) is 9.78 Å². The highest BCUT2D eigenvalue weighted by atomic mass is 32.2. The van der Waals surface area contributed by atoms with Gasteiger partial charge in [-0.2, -0.15) is 13.2 Å². The number of hydrogen-bond acceptors (Lipinski definition) is 6. The van der Waals surface area contributed by atoms with Crippen LogP contribution in [0.4, 0.5) is 18.9 Å². The van der Waals surface area contributed by atoms with E-state index < -0.39 is 31.8 Å². The molecule has 0 unspecified atom stereocenters. The van der Waals surface area contributed by atoms with Crippen LogP contribution in [0.15, 0.2) is 66.1 Å². The van der Waals surface area contributed by atoms with E-state index in [1.54, 1.807) is 31.3 Å². The van der Waals surface area contributed by atoms with E-state index in [4.69, 9.17) is 4.74 Å². The van der Waals surface area contributed by atoms with E-state index in [2.05, 4.69) is 15.3 Å². The Balaban J connectivity index is 1.85. The Hall–Kier alpha value is -3.47. The quantitative estimate of drug-likeness (QED) is 0.645. The molecule has 0 atom stereocenters. The smallest absolute Gasteiger partial charge is 0.455 e. The monoisotopic (exact) mass is 437 g/mol. The minimum atomic E-state index is -5.79. The van der Waals surface area contributed by atoms with Crippen molar-refractivity contribution >= 4 is 21.4 Å². The number of nitrogens with one attached hydrogen (secondary N) is 1. The largest absolute Gasteiger partial charge is 0.503 e. The molecule has 0 saturated carbocycles. The number of amides is 1. The Morgan fingerprint density at radius 2 is 1.83 bits per heavy atom. The van der Waals surface area contributed by atoms with Crippen molar-refractivity contribution in [2.45, 2.75) is 17.5 Å². The maximum Gasteiger partial charge on any atom is 0.503 e. The number of pyridine rings is 2. The Labute approximate surface area is 169 Å². The highest BCUT2D eigenvalue weighted by Gasteiger charge is 2.49. The van der Waals surface area contributed by atoms with Crippen LogP contribution in [0.5, 0.6) is 11.5 Å². The topological polar surface area (TPSA) is 98.2 Å². The SMILES string of the molecule is Cc1cc(NC(=O)c2cccnc2S(=O)(=O)C(F)(F)F)ccc1Oc1cccnc1. The number of rotatable bonds is 5. The maximum absolute atomic E-state index is 12.9. The summed E-state index contributed by atoms with van der Waals surface area (Å²) >= 11 is 0. The van der Waals surface area contributed by atoms with Crippen LogP contribution in [0.2, 0.25) is 0 Å². The number of alkyl halides is 3. The van der Waals surface area contributed by atoms with Crippen molar-refractivity contribution in [1.29, 1.82) is 0 Å². The van der Waals surface area contributed by atoms with Crippen molar-refractivity contribution in [3.8, 4) is 11.5 Å². The zero-order chi connectivity index (χ0) is 21.9. The third-order valence-corrected chi connectivity index (χ3v) is 5.31. The second-order valence-electron chi connectivity index (χ2n) is 6.03. The average Bonchev–Trinajstić information content (AvgIpc) is 2.70. The minimum absolute atomic E-state index is 0.232. The zero-order valence-corrected chi connectivity index (χ0v) is 16.2. The first kappa shape index (κ1) is 21.2. The molecular weight excluding hydrogens is 423 g/mol. The van der Waals surface area contributed by atoms with Crippen LogP contribution in [0.25, 0.3) is 0 Å². The van der Waals surface area contributed by atoms with Crippen molar-refractivity contribution in [2.24, 2.45) is 0 Å². The number of sulfone groups is 1. The normalized spacial score (nSPS) is 11.7. The van der Waals surface area contributed by atoms with E-state index in [1.165, 1.54) is 24.4 Å². The van der Waals surface area contributed by atoms with E-state index in [-0.39, 0.29) is 5.69 Å². The molecule has 11 heteroatoms. The Morgan fingerprint density at radius 1 is 1.10 bits per heavy atom. The third-order valence-electron chi connectivity index (χ3n) is 3.87. The van der Waals surface area contributed by atoms with E-state index in [1.807, 2.05) is 0 Å². The zero-order valence-electron chi connectivity index (χ0n) is 15.3. The van der Waals surface area contributed by atoms with Crippen LogP contribution >= 0.6 is 0 Å². The Bertz CT molecular complexity index is 1180. The first-order chi connectivity index (χ1) is 14.1. The number of anilines is 1. The molecule has 2 aromatic heterocycles. The van der Waals surface area contributed by atoms with Gasteiger partial charge in [-0.25, -0.2) is 13.4 Å². The molecule has 0 aliphatic carbocycles. The predicted octanol–water partition coefficient (Wildman–Crippen LogP) is 4.12. The first-order valence-electron chi connectivity index (χ1n) is 8.36. The summed E-state index contributed by atoms with van der Waals surface area (Å²) in [5.41, 5.74) is -5.46. The number of carbonyl (C=O) groups excluding carboxylic acids is 1. The molecule has 0 spiro atoms. The number of halogens is 3. The molecule has 7 nitrogen and oxygen atoms in total. The van der Waals surface area contributed by atoms with Crippen molar-refractivity contribution in [1.82, 2.24) is 9.97 Å². The maximum atomic E-state index is 12.9. The summed E-state index contributed by atoms with van der Waals surface area (Å²) in [7, 11) is -5.79. The third kappa shape index (κ3) is 4.40. The number of hydrogen-bond donors (Lipinski definition) is 1. The van der Waals surface area contributed by atoms with Crippen molar-refractivity contribution in [2.75, 3.05) is 5.32 Å². The number of carbonyl (C=O) groups is 1. The number of ether oxygens (including phenoxy) is 1. The lowest BCUT2D eigenvalue weighted by atomic mass is 10.2. The average molecular weight is 437 g/mol. The van der Waals surface area contributed by atoms with Gasteiger partial charge in [0.05, 0.1) is 11.8 Å². The molecule has 1 aromatic carbocycles. The first-order valence-corrected chi connectivity index (χ1v) is 9.84. The lowest BCUT2D eigenvalue weighted by Crippen LogP contribution is -2.27. The lowest BCUT2D eigenvalue weighted by Gasteiger charge is -2.13. The summed E-state index contributed by atoms with van der Waals surface area (Å²) in [4.78, 5) is 19.7. The second kappa shape index (κ2) is 8.11. The summed E-state index contributed by atoms with van der Waals surface area (Å²) in [6.45, 7) is 1.70. The number of nitrogens with zero attached hydrogens (tertiary/aromatic N) is 2. The fourth-order valence-electron chi connectivity index (χ4n) is 2.46. The molecule has 2 heterocycles. The fraction of sp³-hybridized carbons (Fsp3) is 0.105. The number of aromatic nitrogens is 2. The van der Waals surface area contributed by atoms with Gasteiger partial charge in [0.25, 0.3) is 15.7 Å². The van der Waals surface area contributed by atoms with Gasteiger partial charge < -0.3 is 10.1 Å². The summed E-state index contributed by atoms with van der Waals surface area (Å²) < 4.78 is 67.8. The van der Waals surface area contributed by atoms with Crippen LogP contribution < -0.4 is 10.1 Å². The molecule has 156 valence electrons. The fourth-order valence-corrected chi connectivity index (χ4v) is 3.33. The van der Waals surface area contributed by atoms with Gasteiger partial charge in [-0.1, -0.05) is 0 Å². The van der Waals surface area contributed by atoms with E-state index in [0.29, 0.717) is 17.1 Å². The van der Waals surface area contributed by atoms with Crippen LogP contribution in [-0.4, -0.2) is 29.8 Å². The summed E-state index contributed by atoms with van der Waals surface area (Å²) in [5.74, 6) is -0.0799. The van der Waals surface area contributed by atoms with Gasteiger partial charge in [0.1, 0.15) is 11.5 Å². The van der Waals surface area contributed by atoms with Gasteiger partial charge in [-0.15, -0.1) is 0 Å². The summed E-state index contributed by atoms with van der Waals surface area (Å²) in [6, 6.07) is 10.1. The molecule has 30 heavy (non-hydrogen) atoms. The molecule has 0 aliphatic heterocycles. The highest BCUT2D eigenvalue weighted by molar-refractivity contribution is 7.92. The molecule has 3 aromatic rings. The van der Waals surface area contributed by atoms with Gasteiger partial charge >= 0.3 is 5.51 Å². The minimum Gasteiger partial charge on any atom is -0.455 e. The molecule has 0 saturated heterocycles. The second-order valence-corrected chi connectivity index (χ2v) is 7.89. The molecule has 1 N–H and O–H groups in total. The van der Waals surface area contributed by atoms with Crippen molar-refractivity contribution in [3.63, 3.8) is 0 Å². The standard InChI is InChI=1S/C19H14F3N3O4S/c1-12-10-13(6-7-16(12)29-14-4-2-8-23-11-14)25-17(26)15-5-3-9-24-18(15)30(27,28)19(20,21)22/h2-11H,1H3,(H,25,26). The molecule has 1 amide bonds. The Kier molecular flexibility index (Phi) is 5.74. The van der Waals surface area contributed by atoms with Crippen LogP contribution in [0, 0.1) is 6.92 Å². The summed E-state index contributed by atoms with van der Waals surface area (Å²) in [6.07, 6.45) is 3.97. The van der Waals surface area contributed by atoms with Gasteiger partial charge in [0, 0.05) is 18.1 Å². The van der Waals surface area contributed by atoms with Crippen molar-refractivity contribution in [3.05, 3.63) is 72.2 Å². The predicted molar refractivity (Wildman–Crippen MR) is 101 cm³/mol. The summed E-state index contributed by atoms with van der Waals surface area (Å²) in [5, 5.41) is 1.02. The van der Waals surface area contributed by atoms with E-state index in [0.717, 1.165) is 12.3 Å². The molecule has 0 fully saturated rings. The van der Waals surface area contributed by atoms with Crippen LogP contribution in [0.3, 0.4) is 0 Å². The Morgan fingerprint density at radius 3 is 2.47 bits per heavy atom. The molecule has 0 aliphatic rings. The van der Waals surface area contributed by atoms with Crippen LogP contribution in [-0.2, 0) is 9.84 Å². The van der Waals surface area contributed by atoms with Crippen molar-refractivity contribution < 1.29 is 31.1 Å². The van der Waals surface area contributed by atoms with E-state index in [9.17, 15) is 26.4 Å². The molecular formula is C19H14F3N3O4S. The number of benzene rings is 1. The highest BCUT2D eigenvalue weighted by Crippen LogP contribution is 2.31. The van der Waals surface area contributed by atoms with Crippen LogP contribution in [0.1, 0.15) is 15.9 Å². The number of aryl methyl sites for hydroxylation is 1. The molecule has 3 rings (SSSR count). The molecule has 0 radical (unpaired) electrons. The van der Waals surface area contributed by atoms with E-state index >= 15 is 0 Å².